The zero-order valence-electron chi connectivity index (χ0n) is 25.6. The van der Waals surface area contributed by atoms with E-state index in [1.807, 2.05) is 54.9 Å². The van der Waals surface area contributed by atoms with Crippen LogP contribution in [0.5, 0.6) is 11.5 Å². The number of aromatic nitrogens is 4. The van der Waals surface area contributed by atoms with Crippen molar-refractivity contribution >= 4 is 11.8 Å². The maximum Gasteiger partial charge on any atom is 2.00 e. The van der Waals surface area contributed by atoms with E-state index in [2.05, 4.69) is 115 Å². The molecule has 0 aliphatic carbocycles. The number of ether oxygens (including phenoxy) is 1. The molecule has 7 aromatic rings. The largest absolute Gasteiger partial charge is 2.00 e. The molecular formula is C40H28N4OPtS. The molecule has 0 bridgehead atoms. The fourth-order valence-electron chi connectivity index (χ4n) is 6.47. The van der Waals surface area contributed by atoms with E-state index in [0.29, 0.717) is 11.5 Å². The van der Waals surface area contributed by atoms with Crippen molar-refractivity contribution in [1.82, 2.24) is 20.0 Å². The van der Waals surface area contributed by atoms with Crippen molar-refractivity contribution in [2.24, 2.45) is 0 Å². The third kappa shape index (κ3) is 5.42. The maximum absolute atomic E-state index is 6.46. The van der Waals surface area contributed by atoms with E-state index in [-0.39, 0.29) is 21.1 Å². The first-order valence-electron chi connectivity index (χ1n) is 15.1. The van der Waals surface area contributed by atoms with Crippen molar-refractivity contribution in [3.05, 3.63) is 179 Å². The molecule has 0 N–H and O–H groups in total. The summed E-state index contributed by atoms with van der Waals surface area (Å²) in [6, 6.07) is 48.4. The van der Waals surface area contributed by atoms with E-state index in [0.717, 1.165) is 39.3 Å². The summed E-state index contributed by atoms with van der Waals surface area (Å²) in [6.45, 7) is 4.18. The molecule has 7 heteroatoms. The van der Waals surface area contributed by atoms with Gasteiger partial charge < -0.3 is 4.74 Å². The topological polar surface area (TPSA) is 52.8 Å². The van der Waals surface area contributed by atoms with Gasteiger partial charge in [-0.2, -0.15) is 18.2 Å². The van der Waals surface area contributed by atoms with Crippen molar-refractivity contribution < 1.29 is 25.8 Å². The molecule has 0 radical (unpaired) electrons. The smallest absolute Gasteiger partial charge is 0.509 e. The molecule has 230 valence electrons. The molecule has 2 aromatic heterocycles. The van der Waals surface area contributed by atoms with Crippen LogP contribution in [0.1, 0.15) is 33.5 Å². The third-order valence-corrected chi connectivity index (χ3v) is 9.63. The van der Waals surface area contributed by atoms with Gasteiger partial charge in [-0.05, 0) is 66.1 Å². The van der Waals surface area contributed by atoms with Crippen molar-refractivity contribution in [3.63, 3.8) is 0 Å². The van der Waals surface area contributed by atoms with Crippen LogP contribution in [-0.2, 0) is 26.5 Å². The van der Waals surface area contributed by atoms with E-state index in [1.54, 1.807) is 16.4 Å². The monoisotopic (exact) mass is 807 g/mol. The van der Waals surface area contributed by atoms with Gasteiger partial charge in [-0.25, -0.2) is 4.68 Å². The van der Waals surface area contributed by atoms with Crippen LogP contribution >= 0.6 is 11.8 Å². The van der Waals surface area contributed by atoms with Crippen molar-refractivity contribution in [3.8, 4) is 28.4 Å². The van der Waals surface area contributed by atoms with Crippen LogP contribution in [0, 0.1) is 26.0 Å². The number of fused-ring (bicyclic) bond motifs is 2. The summed E-state index contributed by atoms with van der Waals surface area (Å²) in [4.78, 5) is 7.34. The molecule has 5 aromatic carbocycles. The van der Waals surface area contributed by atoms with Crippen molar-refractivity contribution in [1.29, 1.82) is 0 Å². The summed E-state index contributed by atoms with van der Waals surface area (Å²) in [5, 5.41) is 8.89. The zero-order valence-corrected chi connectivity index (χ0v) is 28.7. The van der Waals surface area contributed by atoms with Gasteiger partial charge in [-0.3, -0.25) is 4.98 Å². The fourth-order valence-corrected chi connectivity index (χ4v) is 7.66. The van der Waals surface area contributed by atoms with Crippen LogP contribution in [0.4, 0.5) is 0 Å². The average Bonchev–Trinajstić information content (AvgIpc) is 3.58. The molecule has 0 unspecified atom stereocenters. The quantitative estimate of drug-likeness (QED) is 0.157. The molecule has 0 saturated heterocycles. The molecule has 0 fully saturated rings. The third-order valence-electron chi connectivity index (χ3n) is 8.47. The molecule has 47 heavy (non-hydrogen) atoms. The summed E-state index contributed by atoms with van der Waals surface area (Å²) < 4.78 is 8.19. The molecule has 3 heterocycles. The Morgan fingerprint density at radius 2 is 1.32 bits per heavy atom. The second-order valence-corrected chi connectivity index (χ2v) is 12.4. The number of pyridine rings is 1. The van der Waals surface area contributed by atoms with Gasteiger partial charge >= 0.3 is 21.1 Å². The second kappa shape index (κ2) is 12.8. The Labute approximate surface area is 293 Å². The number of rotatable bonds is 6. The summed E-state index contributed by atoms with van der Waals surface area (Å²) in [6.07, 6.45) is 3.80. The molecule has 1 aliphatic rings. The summed E-state index contributed by atoms with van der Waals surface area (Å²) in [5.41, 5.74) is 8.52. The SMILES string of the molecule is Cc1cccc(C)c1-c1cn(-c2[c-]c(Oc3[c-]c(C4(c5ccccn5)c5ccccc5Sc5ccccc54)ccc3)ccc2)nn1.[Pt+2]. The van der Waals surface area contributed by atoms with Crippen molar-refractivity contribution in [2.75, 3.05) is 0 Å². The summed E-state index contributed by atoms with van der Waals surface area (Å²) >= 11 is 1.79. The van der Waals surface area contributed by atoms with Gasteiger partial charge in [0.05, 0.1) is 17.3 Å². The van der Waals surface area contributed by atoms with E-state index in [9.17, 15) is 0 Å². The van der Waals surface area contributed by atoms with Crippen LogP contribution in [0.2, 0.25) is 0 Å². The molecule has 0 saturated carbocycles. The molecule has 8 rings (SSSR count). The summed E-state index contributed by atoms with van der Waals surface area (Å²) in [7, 11) is 0. The number of nitrogens with zero attached hydrogens (tertiary/aromatic N) is 4. The van der Waals surface area contributed by atoms with Crippen LogP contribution in [0.15, 0.2) is 144 Å². The van der Waals surface area contributed by atoms with Crippen molar-refractivity contribution in [2.45, 2.75) is 29.1 Å². The Morgan fingerprint density at radius 1 is 0.681 bits per heavy atom. The van der Waals surface area contributed by atoms with Gasteiger partial charge in [0, 0.05) is 33.1 Å². The molecule has 5 nitrogen and oxygen atoms in total. The van der Waals surface area contributed by atoms with Crippen LogP contribution in [0.25, 0.3) is 16.9 Å². The van der Waals surface area contributed by atoms with E-state index in [4.69, 9.17) is 9.72 Å². The number of hydrogen-bond acceptors (Lipinski definition) is 5. The molecule has 0 atom stereocenters. The van der Waals surface area contributed by atoms with E-state index in [1.165, 1.54) is 20.9 Å². The fraction of sp³-hybridized carbons (Fsp3) is 0.0750. The first-order chi connectivity index (χ1) is 22.6. The molecule has 0 amide bonds. The Kier molecular flexibility index (Phi) is 8.40. The Bertz CT molecular complexity index is 2150. The van der Waals surface area contributed by atoms with Gasteiger partial charge in [-0.1, -0.05) is 77.6 Å². The van der Waals surface area contributed by atoms with Gasteiger partial charge in [0.2, 0.25) is 0 Å². The minimum Gasteiger partial charge on any atom is -0.509 e. The van der Waals surface area contributed by atoms with Crippen LogP contribution in [0.3, 0.4) is 0 Å². The molecular weight excluding hydrogens is 780 g/mol. The van der Waals surface area contributed by atoms with Gasteiger partial charge in [0.15, 0.2) is 0 Å². The zero-order chi connectivity index (χ0) is 31.1. The average molecular weight is 808 g/mol. The first-order valence-corrected chi connectivity index (χ1v) is 15.9. The van der Waals surface area contributed by atoms with Gasteiger partial charge in [0.1, 0.15) is 5.69 Å². The van der Waals surface area contributed by atoms with Gasteiger partial charge in [0.25, 0.3) is 0 Å². The number of aryl methyl sites for hydroxylation is 2. The minimum absolute atomic E-state index is 0. The summed E-state index contributed by atoms with van der Waals surface area (Å²) in [5.74, 6) is 1.14. The minimum atomic E-state index is -0.685. The van der Waals surface area contributed by atoms with E-state index >= 15 is 0 Å². The molecule has 0 spiro atoms. The first kappa shape index (κ1) is 30.9. The van der Waals surface area contributed by atoms with Crippen LogP contribution < -0.4 is 4.74 Å². The number of benzene rings is 5. The Hall–Kier alpha value is -4.77. The van der Waals surface area contributed by atoms with Crippen LogP contribution in [-0.4, -0.2) is 20.0 Å². The Balaban J connectivity index is 0.00000351. The predicted octanol–water partition coefficient (Wildman–Crippen LogP) is 9.18. The standard InChI is InChI=1S/C40H28N4OS.Pt/c1-27-12-9-13-28(2)39(27)35-26-44(43-42-35)30-15-11-17-32(25-30)45-31-16-10-14-29(24-31)40(38-22-7-8-23-41-38)33-18-3-5-20-36(33)46-37-21-6-4-19-34(37)40;/h3-23,26H,1-2H3;/q-2;+2. The Morgan fingerprint density at radius 3 is 2.02 bits per heavy atom. The maximum atomic E-state index is 6.46. The van der Waals surface area contributed by atoms with Gasteiger partial charge in [-0.15, -0.1) is 41.0 Å². The number of hydrogen-bond donors (Lipinski definition) is 0. The van der Waals surface area contributed by atoms with E-state index < -0.39 is 5.41 Å². The molecule has 1 aliphatic heterocycles. The second-order valence-electron chi connectivity index (χ2n) is 11.3. The predicted molar refractivity (Wildman–Crippen MR) is 181 cm³/mol. The normalized spacial score (nSPS) is 12.8.